The van der Waals surface area contributed by atoms with E-state index in [1.807, 2.05) is 6.92 Å². The Balaban J connectivity index is 3.42. The maximum Gasteiger partial charge on any atom is 0.331 e. The molecular formula is C17H20O6. The van der Waals surface area contributed by atoms with Crippen molar-refractivity contribution in [1.29, 1.82) is 0 Å². The zero-order valence-corrected chi connectivity index (χ0v) is 13.7. The number of carbonyl (C=O) groups is 4. The highest BCUT2D eigenvalue weighted by Crippen LogP contribution is 2.32. The molecule has 1 aromatic carbocycles. The molecule has 0 unspecified atom stereocenters. The fourth-order valence-electron chi connectivity index (χ4n) is 2.25. The molecule has 0 saturated heterocycles. The van der Waals surface area contributed by atoms with Gasteiger partial charge in [0, 0.05) is 12.0 Å². The minimum absolute atomic E-state index is 0.123. The lowest BCUT2D eigenvalue weighted by Gasteiger charge is -2.26. The van der Waals surface area contributed by atoms with E-state index < -0.39 is 23.1 Å². The Labute approximate surface area is 134 Å². The molecule has 6 heteroatoms. The minimum Gasteiger partial charge on any atom is -0.468 e. The molecule has 0 aliphatic rings. The number of aryl methyl sites for hydroxylation is 1. The van der Waals surface area contributed by atoms with Crippen molar-refractivity contribution in [2.75, 3.05) is 14.2 Å². The Bertz CT molecular complexity index is 598. The number of benzene rings is 1. The first kappa shape index (κ1) is 18.5. The summed E-state index contributed by atoms with van der Waals surface area (Å²) in [7, 11) is 2.16. The second kappa shape index (κ2) is 7.67. The van der Waals surface area contributed by atoms with E-state index in [1.165, 1.54) is 19.1 Å². The number of methoxy groups -OCH3 is 2. The van der Waals surface area contributed by atoms with Crippen LogP contribution in [0.15, 0.2) is 24.3 Å². The van der Waals surface area contributed by atoms with E-state index in [4.69, 9.17) is 0 Å². The molecule has 0 saturated carbocycles. The van der Waals surface area contributed by atoms with Crippen molar-refractivity contribution in [3.8, 4) is 0 Å². The van der Waals surface area contributed by atoms with Crippen LogP contribution in [0.3, 0.4) is 0 Å². The van der Waals surface area contributed by atoms with Gasteiger partial charge in [-0.05, 0) is 20.3 Å². The molecule has 0 spiro atoms. The number of hydrogen-bond acceptors (Lipinski definition) is 6. The zero-order chi connectivity index (χ0) is 17.6. The second-order valence-corrected chi connectivity index (χ2v) is 5.29. The lowest BCUT2D eigenvalue weighted by Crippen LogP contribution is -2.48. The third-order valence-electron chi connectivity index (χ3n) is 3.62. The van der Waals surface area contributed by atoms with E-state index in [0.717, 1.165) is 19.8 Å². The van der Waals surface area contributed by atoms with Crippen LogP contribution in [0.5, 0.6) is 0 Å². The molecule has 0 N–H and O–H groups in total. The number of hydrogen-bond donors (Lipinski definition) is 0. The number of rotatable bonds is 7. The molecule has 1 aromatic rings. The van der Waals surface area contributed by atoms with E-state index in [9.17, 15) is 19.2 Å². The van der Waals surface area contributed by atoms with Gasteiger partial charge in [0.2, 0.25) is 5.41 Å². The first-order chi connectivity index (χ1) is 10.8. The quantitative estimate of drug-likeness (QED) is 0.433. The van der Waals surface area contributed by atoms with Crippen LogP contribution < -0.4 is 0 Å². The van der Waals surface area contributed by atoms with E-state index >= 15 is 0 Å². The van der Waals surface area contributed by atoms with E-state index in [1.54, 1.807) is 12.1 Å². The first-order valence-electron chi connectivity index (χ1n) is 7.07. The summed E-state index contributed by atoms with van der Waals surface area (Å²) in [5, 5.41) is 0. The molecule has 124 valence electrons. The third-order valence-corrected chi connectivity index (χ3v) is 3.62. The molecule has 0 fully saturated rings. The standard InChI is InChI=1S/C17H20O6/c1-11-5-7-13(8-6-11)14(19)17(15(20)22-3,16(21)23-4)10-9-12(2)18/h5-8H,9-10H2,1-4H3. The predicted molar refractivity (Wildman–Crippen MR) is 81.9 cm³/mol. The summed E-state index contributed by atoms with van der Waals surface area (Å²) in [6.45, 7) is 3.16. The number of ketones is 2. The average Bonchev–Trinajstić information content (AvgIpc) is 2.54. The molecule has 0 aromatic heterocycles. The van der Waals surface area contributed by atoms with Gasteiger partial charge in [0.1, 0.15) is 5.78 Å². The minimum atomic E-state index is -2.18. The monoisotopic (exact) mass is 320 g/mol. The van der Waals surface area contributed by atoms with Gasteiger partial charge in [-0.3, -0.25) is 14.4 Å². The van der Waals surface area contributed by atoms with Crippen molar-refractivity contribution < 1.29 is 28.7 Å². The highest BCUT2D eigenvalue weighted by molar-refractivity contribution is 6.25. The maximum atomic E-state index is 12.9. The molecular weight excluding hydrogens is 300 g/mol. The number of Topliss-reactive ketones (excluding diaryl/α,β-unsaturated/α-hetero) is 2. The molecule has 0 radical (unpaired) electrons. The third kappa shape index (κ3) is 3.83. The van der Waals surface area contributed by atoms with Crippen LogP contribution in [-0.4, -0.2) is 37.7 Å². The van der Waals surface area contributed by atoms with Gasteiger partial charge in [0.05, 0.1) is 14.2 Å². The summed E-state index contributed by atoms with van der Waals surface area (Å²) in [6.07, 6.45) is -0.420. The fourth-order valence-corrected chi connectivity index (χ4v) is 2.25. The van der Waals surface area contributed by atoms with Crippen LogP contribution in [0.4, 0.5) is 0 Å². The van der Waals surface area contributed by atoms with Crippen LogP contribution in [0.1, 0.15) is 35.7 Å². The van der Waals surface area contributed by atoms with E-state index in [-0.39, 0.29) is 24.2 Å². The first-order valence-corrected chi connectivity index (χ1v) is 7.07. The van der Waals surface area contributed by atoms with E-state index in [2.05, 4.69) is 9.47 Å². The van der Waals surface area contributed by atoms with Gasteiger partial charge in [-0.15, -0.1) is 0 Å². The molecule has 0 aliphatic heterocycles. The average molecular weight is 320 g/mol. The van der Waals surface area contributed by atoms with Crippen molar-refractivity contribution in [3.05, 3.63) is 35.4 Å². The maximum absolute atomic E-state index is 12.9. The second-order valence-electron chi connectivity index (χ2n) is 5.29. The number of ether oxygens (including phenoxy) is 2. The normalized spacial score (nSPS) is 10.8. The highest BCUT2D eigenvalue weighted by Gasteiger charge is 2.55. The molecule has 0 amide bonds. The van der Waals surface area contributed by atoms with Gasteiger partial charge in [-0.25, -0.2) is 0 Å². The van der Waals surface area contributed by atoms with Crippen LogP contribution >= 0.6 is 0 Å². The summed E-state index contributed by atoms with van der Waals surface area (Å²) in [4.78, 5) is 48.7. The molecule has 23 heavy (non-hydrogen) atoms. The van der Waals surface area contributed by atoms with Gasteiger partial charge in [0.25, 0.3) is 0 Å². The molecule has 1 rings (SSSR count). The largest absolute Gasteiger partial charge is 0.468 e. The van der Waals surface area contributed by atoms with Crippen molar-refractivity contribution >= 4 is 23.5 Å². The Morgan fingerprint density at radius 1 is 0.957 bits per heavy atom. The summed E-state index contributed by atoms with van der Waals surface area (Å²) in [6, 6.07) is 6.42. The summed E-state index contributed by atoms with van der Waals surface area (Å²) >= 11 is 0. The Hall–Kier alpha value is -2.50. The van der Waals surface area contributed by atoms with Crippen LogP contribution in [0.2, 0.25) is 0 Å². The number of esters is 2. The SMILES string of the molecule is COC(=O)C(CCC(C)=O)(C(=O)OC)C(=O)c1ccc(C)cc1. The van der Waals surface area contributed by atoms with Gasteiger partial charge in [-0.2, -0.15) is 0 Å². The highest BCUT2D eigenvalue weighted by atomic mass is 16.5. The fraction of sp³-hybridized carbons (Fsp3) is 0.412. The van der Waals surface area contributed by atoms with Gasteiger partial charge in [0.15, 0.2) is 5.78 Å². The zero-order valence-electron chi connectivity index (χ0n) is 13.7. The Morgan fingerprint density at radius 2 is 1.43 bits per heavy atom. The smallest absolute Gasteiger partial charge is 0.331 e. The van der Waals surface area contributed by atoms with Crippen molar-refractivity contribution in [3.63, 3.8) is 0 Å². The lowest BCUT2D eigenvalue weighted by molar-refractivity contribution is -0.165. The number of carbonyl (C=O) groups excluding carboxylic acids is 4. The summed E-state index contributed by atoms with van der Waals surface area (Å²) in [5.74, 6) is -3.05. The predicted octanol–water partition coefficient (Wildman–Crippen LogP) is 1.88. The Morgan fingerprint density at radius 3 is 1.83 bits per heavy atom. The summed E-state index contributed by atoms with van der Waals surface area (Å²) < 4.78 is 9.33. The topological polar surface area (TPSA) is 86.7 Å². The van der Waals surface area contributed by atoms with Crippen molar-refractivity contribution in [2.45, 2.75) is 26.7 Å². The Kier molecular flexibility index (Phi) is 6.18. The van der Waals surface area contributed by atoms with E-state index in [0.29, 0.717) is 0 Å². The van der Waals surface area contributed by atoms with Crippen molar-refractivity contribution in [1.82, 2.24) is 0 Å². The molecule has 0 aliphatic carbocycles. The van der Waals surface area contributed by atoms with Crippen molar-refractivity contribution in [2.24, 2.45) is 5.41 Å². The lowest BCUT2D eigenvalue weighted by atomic mass is 9.76. The molecule has 0 heterocycles. The van der Waals surface area contributed by atoms with Gasteiger partial charge < -0.3 is 14.3 Å². The molecule has 6 nitrogen and oxygen atoms in total. The van der Waals surface area contributed by atoms with Crippen LogP contribution in [0.25, 0.3) is 0 Å². The molecule has 0 bridgehead atoms. The molecule has 0 atom stereocenters. The van der Waals surface area contributed by atoms with Gasteiger partial charge in [-0.1, -0.05) is 29.8 Å². The van der Waals surface area contributed by atoms with Gasteiger partial charge >= 0.3 is 11.9 Å². The van der Waals surface area contributed by atoms with Crippen LogP contribution in [0, 0.1) is 12.3 Å². The summed E-state index contributed by atoms with van der Waals surface area (Å²) in [5.41, 5.74) is -1.08. The van der Waals surface area contributed by atoms with Crippen LogP contribution in [-0.2, 0) is 23.9 Å².